The lowest BCUT2D eigenvalue weighted by Gasteiger charge is -2.26. The van der Waals surface area contributed by atoms with Crippen LogP contribution in [-0.2, 0) is 0 Å². The Morgan fingerprint density at radius 1 is 1.29 bits per heavy atom. The number of hydrazine groups is 1. The van der Waals surface area contributed by atoms with Crippen molar-refractivity contribution in [2.75, 3.05) is 31.0 Å². The maximum Gasteiger partial charge on any atom is 0.165 e. The molecule has 1 aromatic carbocycles. The second-order valence-corrected chi connectivity index (χ2v) is 7.34. The maximum atomic E-state index is 14.1. The minimum Gasteiger partial charge on any atom is -0.399 e. The lowest BCUT2D eigenvalue weighted by atomic mass is 10.1. The average molecular weight is 430 g/mol. The van der Waals surface area contributed by atoms with Crippen LogP contribution in [0.15, 0.2) is 64.8 Å². The average Bonchev–Trinajstić information content (AvgIpc) is 2.72. The number of nitrogens with one attached hydrogen (secondary N) is 1. The van der Waals surface area contributed by atoms with Crippen LogP contribution in [0.25, 0.3) is 5.70 Å². The molecule has 8 heteroatoms. The fraction of sp³-hybridized carbons (Fsp3) is 0.348. The molecule has 7 N–H and O–H groups in total. The monoisotopic (exact) mass is 429 g/mol. The van der Waals surface area contributed by atoms with Gasteiger partial charge in [-0.2, -0.15) is 0 Å². The Hall–Kier alpha value is -3.26. The van der Waals surface area contributed by atoms with Gasteiger partial charge in [-0.15, -0.1) is 0 Å². The highest BCUT2D eigenvalue weighted by Crippen LogP contribution is 2.30. The Labute approximate surface area is 185 Å². The molecule has 1 aromatic rings. The van der Waals surface area contributed by atoms with Gasteiger partial charge in [0.25, 0.3) is 0 Å². The Balaban J connectivity index is 3.18. The summed E-state index contributed by atoms with van der Waals surface area (Å²) in [7, 11) is 3.96. The fourth-order valence-corrected chi connectivity index (χ4v) is 2.78. The topological polar surface area (TPSA) is 109 Å². The van der Waals surface area contributed by atoms with Crippen LogP contribution in [0.5, 0.6) is 0 Å². The standard InChI is InChI=1S/C23H36FN7/c1-7-9-12-31(27)22-11-10-18(14-19(22)21(8-2)30(5)6)28-15-29-23(26)20(24)13-16(3)17(4)25/h8,10-11,13-15H,4,7,9,12,25-27H2,1-3,5-6H3,(H,28,29)/b16-13+,21-8+,23-20+. The minimum absolute atomic E-state index is 0.264. The quantitative estimate of drug-likeness (QED) is 0.139. The molecule has 0 aliphatic heterocycles. The molecule has 1 rings (SSSR count). The summed E-state index contributed by atoms with van der Waals surface area (Å²) in [5.74, 6) is 5.37. The van der Waals surface area contributed by atoms with E-state index >= 15 is 0 Å². The van der Waals surface area contributed by atoms with E-state index in [0.717, 1.165) is 42.0 Å². The van der Waals surface area contributed by atoms with Crippen molar-refractivity contribution in [2.45, 2.75) is 33.6 Å². The van der Waals surface area contributed by atoms with E-state index in [9.17, 15) is 4.39 Å². The number of nitrogens with zero attached hydrogens (tertiary/aromatic N) is 3. The Kier molecular flexibility index (Phi) is 10.3. The number of unbranched alkanes of at least 4 members (excludes halogenated alkanes) is 1. The molecule has 31 heavy (non-hydrogen) atoms. The van der Waals surface area contributed by atoms with Crippen molar-refractivity contribution >= 4 is 23.4 Å². The number of anilines is 2. The molecule has 0 unspecified atom stereocenters. The van der Waals surface area contributed by atoms with Crippen LogP contribution in [0.2, 0.25) is 0 Å². The van der Waals surface area contributed by atoms with Gasteiger partial charge < -0.3 is 26.7 Å². The third-order valence-corrected chi connectivity index (χ3v) is 4.62. The van der Waals surface area contributed by atoms with Gasteiger partial charge in [-0.05, 0) is 50.1 Å². The van der Waals surface area contributed by atoms with Gasteiger partial charge in [-0.3, -0.25) is 0 Å². The number of hydrogen-bond donors (Lipinski definition) is 4. The number of hydrogen-bond acceptors (Lipinski definition) is 6. The van der Waals surface area contributed by atoms with Gasteiger partial charge in [0.15, 0.2) is 11.6 Å². The van der Waals surface area contributed by atoms with E-state index in [4.69, 9.17) is 17.3 Å². The Morgan fingerprint density at radius 3 is 2.52 bits per heavy atom. The SMILES string of the molecule is C=C(N)/C(C)=C/C(F)=C(N)\N=C\Nc1ccc(N(N)CCCC)c(/C(=C\C)N(C)C)c1. The van der Waals surface area contributed by atoms with E-state index in [1.165, 1.54) is 12.4 Å². The summed E-state index contributed by atoms with van der Waals surface area (Å²) < 4.78 is 14.1. The number of benzene rings is 1. The van der Waals surface area contributed by atoms with Crippen LogP contribution in [0.4, 0.5) is 15.8 Å². The lowest BCUT2D eigenvalue weighted by Crippen LogP contribution is -2.33. The third kappa shape index (κ3) is 7.82. The van der Waals surface area contributed by atoms with E-state index in [1.54, 1.807) is 11.9 Å². The molecule has 0 saturated heterocycles. The van der Waals surface area contributed by atoms with E-state index in [-0.39, 0.29) is 11.5 Å². The Bertz CT molecular complexity index is 882. The highest BCUT2D eigenvalue weighted by Gasteiger charge is 2.14. The number of nitrogens with two attached hydrogens (primary N) is 3. The van der Waals surface area contributed by atoms with Crippen molar-refractivity contribution in [3.8, 4) is 0 Å². The van der Waals surface area contributed by atoms with E-state index in [1.807, 2.05) is 50.2 Å². The van der Waals surface area contributed by atoms with Gasteiger partial charge in [0, 0.05) is 43.3 Å². The summed E-state index contributed by atoms with van der Waals surface area (Å²) in [6.45, 7) is 10.1. The summed E-state index contributed by atoms with van der Waals surface area (Å²) in [4.78, 5) is 5.96. The zero-order valence-corrected chi connectivity index (χ0v) is 19.2. The lowest BCUT2D eigenvalue weighted by molar-refractivity contribution is 0.590. The molecule has 0 fully saturated rings. The molecule has 0 heterocycles. The highest BCUT2D eigenvalue weighted by atomic mass is 19.1. The molecule has 0 aromatic heterocycles. The highest BCUT2D eigenvalue weighted by molar-refractivity contribution is 5.83. The van der Waals surface area contributed by atoms with Crippen LogP contribution >= 0.6 is 0 Å². The van der Waals surface area contributed by atoms with Gasteiger partial charge >= 0.3 is 0 Å². The molecule has 7 nitrogen and oxygen atoms in total. The normalized spacial score (nSPS) is 13.3. The first-order valence-electron chi connectivity index (χ1n) is 10.2. The first kappa shape index (κ1) is 25.8. The van der Waals surface area contributed by atoms with Gasteiger partial charge in [0.2, 0.25) is 0 Å². The zero-order valence-electron chi connectivity index (χ0n) is 19.2. The van der Waals surface area contributed by atoms with Gasteiger partial charge in [0.1, 0.15) is 0 Å². The molecule has 0 bridgehead atoms. The molecular weight excluding hydrogens is 393 g/mol. The minimum atomic E-state index is -0.684. The summed E-state index contributed by atoms with van der Waals surface area (Å²) in [5.41, 5.74) is 15.7. The molecule has 170 valence electrons. The van der Waals surface area contributed by atoms with Crippen LogP contribution in [0.1, 0.15) is 39.2 Å². The molecule has 0 aliphatic carbocycles. The molecule has 0 atom stereocenters. The largest absolute Gasteiger partial charge is 0.399 e. The van der Waals surface area contributed by atoms with Gasteiger partial charge in [-0.1, -0.05) is 26.0 Å². The van der Waals surface area contributed by atoms with Crippen molar-refractivity contribution in [3.63, 3.8) is 0 Å². The molecule has 0 radical (unpaired) electrons. The number of allylic oxidation sites excluding steroid dienone is 4. The first-order chi connectivity index (χ1) is 14.6. The second-order valence-electron chi connectivity index (χ2n) is 7.34. The maximum absolute atomic E-state index is 14.1. The van der Waals surface area contributed by atoms with Crippen LogP contribution in [0.3, 0.4) is 0 Å². The molecule has 0 saturated carbocycles. The van der Waals surface area contributed by atoms with Crippen LogP contribution < -0.4 is 27.6 Å². The zero-order chi connectivity index (χ0) is 23.6. The Morgan fingerprint density at radius 2 is 1.97 bits per heavy atom. The first-order valence-corrected chi connectivity index (χ1v) is 10.2. The van der Waals surface area contributed by atoms with E-state index in [0.29, 0.717) is 5.57 Å². The molecule has 0 spiro atoms. The van der Waals surface area contributed by atoms with Gasteiger partial charge in [-0.25, -0.2) is 15.2 Å². The van der Waals surface area contributed by atoms with Gasteiger partial charge in [0.05, 0.1) is 12.0 Å². The summed E-state index contributed by atoms with van der Waals surface area (Å²) in [6, 6.07) is 5.81. The molecule has 0 amide bonds. The molecule has 0 aliphatic rings. The van der Waals surface area contributed by atoms with Crippen molar-refractivity contribution in [3.05, 3.63) is 65.4 Å². The van der Waals surface area contributed by atoms with E-state index in [2.05, 4.69) is 23.8 Å². The van der Waals surface area contributed by atoms with Crippen molar-refractivity contribution in [1.82, 2.24) is 4.90 Å². The van der Waals surface area contributed by atoms with Crippen molar-refractivity contribution in [1.29, 1.82) is 0 Å². The fourth-order valence-electron chi connectivity index (χ4n) is 2.78. The summed E-state index contributed by atoms with van der Waals surface area (Å²) >= 11 is 0. The third-order valence-electron chi connectivity index (χ3n) is 4.62. The second kappa shape index (κ2) is 12.4. The number of halogens is 1. The number of rotatable bonds is 11. The smallest absolute Gasteiger partial charge is 0.165 e. The van der Waals surface area contributed by atoms with Crippen molar-refractivity contribution < 1.29 is 4.39 Å². The number of aliphatic imine (C=N–C) groups is 1. The predicted molar refractivity (Wildman–Crippen MR) is 132 cm³/mol. The molecular formula is C23H36FN7. The van der Waals surface area contributed by atoms with Crippen LogP contribution in [0, 0.1) is 0 Å². The summed E-state index contributed by atoms with van der Waals surface area (Å²) in [6.07, 6.45) is 6.63. The van der Waals surface area contributed by atoms with E-state index < -0.39 is 5.83 Å². The van der Waals surface area contributed by atoms with Crippen molar-refractivity contribution in [2.24, 2.45) is 22.3 Å². The van der Waals surface area contributed by atoms with Crippen LogP contribution in [-0.4, -0.2) is 31.9 Å². The predicted octanol–water partition coefficient (Wildman–Crippen LogP) is 4.05. The summed E-state index contributed by atoms with van der Waals surface area (Å²) in [5, 5.41) is 4.80.